The van der Waals surface area contributed by atoms with Crippen molar-refractivity contribution in [2.24, 2.45) is 7.05 Å². The zero-order valence-electron chi connectivity index (χ0n) is 21.5. The molecule has 1 atom stereocenters. The molecule has 4 aromatic rings. The minimum absolute atomic E-state index is 0.0842. The van der Waals surface area contributed by atoms with Crippen LogP contribution in [0.1, 0.15) is 23.5 Å². The van der Waals surface area contributed by atoms with Crippen LogP contribution in [-0.4, -0.2) is 55.8 Å². The first-order chi connectivity index (χ1) is 18.0. The molecule has 0 N–H and O–H groups in total. The molecule has 6 nitrogen and oxygen atoms in total. The first-order valence-corrected chi connectivity index (χ1v) is 12.5. The van der Waals surface area contributed by atoms with Gasteiger partial charge in [0.2, 0.25) is 5.91 Å². The van der Waals surface area contributed by atoms with E-state index in [-0.39, 0.29) is 17.6 Å². The molecule has 37 heavy (non-hydrogen) atoms. The predicted molar refractivity (Wildman–Crippen MR) is 144 cm³/mol. The zero-order valence-corrected chi connectivity index (χ0v) is 21.5. The summed E-state index contributed by atoms with van der Waals surface area (Å²) in [6.45, 7) is 2.31. The van der Waals surface area contributed by atoms with Gasteiger partial charge in [0.15, 0.2) is 11.5 Å². The number of amides is 1. The van der Waals surface area contributed by atoms with Crippen molar-refractivity contribution in [1.29, 1.82) is 0 Å². The maximum Gasteiger partial charge on any atom is 0.223 e. The van der Waals surface area contributed by atoms with Crippen LogP contribution in [-0.2, 0) is 11.8 Å². The lowest BCUT2D eigenvalue weighted by Gasteiger charge is -2.36. The Hall–Kier alpha value is -4.00. The second kappa shape index (κ2) is 10.5. The number of para-hydroxylation sites is 2. The van der Waals surface area contributed by atoms with E-state index < -0.39 is 0 Å². The van der Waals surface area contributed by atoms with Crippen molar-refractivity contribution in [3.8, 4) is 11.5 Å². The molecular formula is C30H32FN3O3. The number of hydrogen-bond acceptors (Lipinski definition) is 4. The average Bonchev–Trinajstić information content (AvgIpc) is 3.27. The molecule has 0 bridgehead atoms. The Balaban J connectivity index is 1.42. The lowest BCUT2D eigenvalue weighted by molar-refractivity contribution is -0.131. The van der Waals surface area contributed by atoms with E-state index in [4.69, 9.17) is 9.47 Å². The number of hydrogen-bond donors (Lipinski definition) is 0. The minimum Gasteiger partial charge on any atom is -0.493 e. The highest BCUT2D eigenvalue weighted by molar-refractivity contribution is 5.86. The fraction of sp³-hybridized carbons (Fsp3) is 0.300. The van der Waals surface area contributed by atoms with Crippen LogP contribution in [0.25, 0.3) is 10.9 Å². The highest BCUT2D eigenvalue weighted by Crippen LogP contribution is 2.38. The highest BCUT2D eigenvalue weighted by atomic mass is 19.1. The van der Waals surface area contributed by atoms with Crippen molar-refractivity contribution in [1.82, 2.24) is 9.47 Å². The fourth-order valence-corrected chi connectivity index (χ4v) is 5.34. The Labute approximate surface area is 216 Å². The first-order valence-electron chi connectivity index (χ1n) is 12.5. The number of benzene rings is 3. The smallest absolute Gasteiger partial charge is 0.223 e. The second-order valence-corrected chi connectivity index (χ2v) is 9.40. The molecule has 7 heteroatoms. The van der Waals surface area contributed by atoms with E-state index in [1.807, 2.05) is 53.2 Å². The summed E-state index contributed by atoms with van der Waals surface area (Å²) in [5.74, 6) is 0.977. The third-order valence-corrected chi connectivity index (χ3v) is 7.32. The van der Waals surface area contributed by atoms with E-state index in [1.54, 1.807) is 26.4 Å². The van der Waals surface area contributed by atoms with E-state index in [0.717, 1.165) is 22.0 Å². The lowest BCUT2D eigenvalue weighted by Crippen LogP contribution is -2.49. The number of aromatic nitrogens is 1. The third kappa shape index (κ3) is 4.86. The number of piperazine rings is 1. The second-order valence-electron chi connectivity index (χ2n) is 9.40. The van der Waals surface area contributed by atoms with Gasteiger partial charge < -0.3 is 23.8 Å². The van der Waals surface area contributed by atoms with Gasteiger partial charge in [-0.05, 0) is 41.5 Å². The van der Waals surface area contributed by atoms with Gasteiger partial charge in [0.1, 0.15) is 5.82 Å². The van der Waals surface area contributed by atoms with Crippen LogP contribution in [0.4, 0.5) is 10.1 Å². The molecule has 0 aliphatic carbocycles. The van der Waals surface area contributed by atoms with E-state index in [2.05, 4.69) is 22.9 Å². The Morgan fingerprint density at radius 1 is 0.919 bits per heavy atom. The Morgan fingerprint density at radius 3 is 2.35 bits per heavy atom. The van der Waals surface area contributed by atoms with Gasteiger partial charge in [-0.1, -0.05) is 36.4 Å². The average molecular weight is 502 g/mol. The molecule has 0 spiro atoms. The summed E-state index contributed by atoms with van der Waals surface area (Å²) >= 11 is 0. The summed E-state index contributed by atoms with van der Waals surface area (Å²) in [7, 11) is 5.26. The molecule has 1 unspecified atom stereocenters. The van der Waals surface area contributed by atoms with Crippen LogP contribution in [0.15, 0.2) is 72.9 Å². The van der Waals surface area contributed by atoms with Crippen LogP contribution >= 0.6 is 0 Å². The number of nitrogens with zero attached hydrogens (tertiary/aromatic N) is 3. The van der Waals surface area contributed by atoms with Crippen molar-refractivity contribution in [3.63, 3.8) is 0 Å². The molecule has 1 aliphatic heterocycles. The molecular weight excluding hydrogens is 469 g/mol. The van der Waals surface area contributed by atoms with E-state index in [0.29, 0.717) is 49.8 Å². The number of halogens is 1. The molecule has 3 aromatic carbocycles. The van der Waals surface area contributed by atoms with Crippen LogP contribution in [0.2, 0.25) is 0 Å². The van der Waals surface area contributed by atoms with Gasteiger partial charge in [-0.2, -0.15) is 0 Å². The number of fused-ring (bicyclic) bond motifs is 1. The molecule has 1 aromatic heterocycles. The lowest BCUT2D eigenvalue weighted by atomic mass is 9.87. The van der Waals surface area contributed by atoms with E-state index in [9.17, 15) is 9.18 Å². The topological polar surface area (TPSA) is 46.9 Å². The number of carbonyl (C=O) groups is 1. The summed E-state index contributed by atoms with van der Waals surface area (Å²) in [6, 6.07) is 20.9. The molecule has 0 radical (unpaired) electrons. The standard InChI is InChI=1S/C30H32FN3O3/c1-32-20-24(22-8-4-6-10-26(22)32)23(21-12-13-28(36-2)29(18-21)37-3)19-30(35)34-16-14-33(15-17-34)27-11-7-5-9-25(27)31/h4-13,18,20,23H,14-17,19H2,1-3H3. The van der Waals surface area contributed by atoms with Gasteiger partial charge in [-0.15, -0.1) is 0 Å². The highest BCUT2D eigenvalue weighted by Gasteiger charge is 2.28. The molecule has 5 rings (SSSR count). The zero-order chi connectivity index (χ0) is 25.9. The number of anilines is 1. The summed E-state index contributed by atoms with van der Waals surface area (Å²) in [5.41, 5.74) is 3.80. The van der Waals surface area contributed by atoms with Gasteiger partial charge in [0, 0.05) is 62.7 Å². The molecule has 1 aliphatic rings. The van der Waals surface area contributed by atoms with Crippen molar-refractivity contribution < 1.29 is 18.7 Å². The normalized spacial score (nSPS) is 14.6. The molecule has 1 saturated heterocycles. The summed E-state index contributed by atoms with van der Waals surface area (Å²) in [6.07, 6.45) is 2.44. The fourth-order valence-electron chi connectivity index (χ4n) is 5.34. The SMILES string of the molecule is COc1ccc(C(CC(=O)N2CCN(c3ccccc3F)CC2)c2cn(C)c3ccccc23)cc1OC. The molecule has 1 fully saturated rings. The first kappa shape index (κ1) is 24.7. The Kier molecular flexibility index (Phi) is 7.04. The number of rotatable bonds is 7. The quantitative estimate of drug-likeness (QED) is 0.349. The monoisotopic (exact) mass is 501 g/mol. The van der Waals surface area contributed by atoms with Gasteiger partial charge >= 0.3 is 0 Å². The summed E-state index contributed by atoms with van der Waals surface area (Å²) in [5, 5.41) is 1.13. The predicted octanol–water partition coefficient (Wildman–Crippen LogP) is 5.21. The van der Waals surface area contributed by atoms with Crippen LogP contribution in [0.5, 0.6) is 11.5 Å². The van der Waals surface area contributed by atoms with Crippen LogP contribution in [0, 0.1) is 5.82 Å². The van der Waals surface area contributed by atoms with Crippen LogP contribution in [0.3, 0.4) is 0 Å². The summed E-state index contributed by atoms with van der Waals surface area (Å²) < 4.78 is 27.4. The van der Waals surface area contributed by atoms with Crippen molar-refractivity contribution >= 4 is 22.5 Å². The van der Waals surface area contributed by atoms with Gasteiger partial charge in [-0.3, -0.25) is 4.79 Å². The number of carbonyl (C=O) groups excluding carboxylic acids is 1. The van der Waals surface area contributed by atoms with Gasteiger partial charge in [0.25, 0.3) is 0 Å². The van der Waals surface area contributed by atoms with Gasteiger partial charge in [-0.25, -0.2) is 4.39 Å². The maximum atomic E-state index is 14.3. The summed E-state index contributed by atoms with van der Waals surface area (Å²) in [4.78, 5) is 17.6. The van der Waals surface area contributed by atoms with Crippen LogP contribution < -0.4 is 14.4 Å². The Bertz CT molecular complexity index is 1410. The number of aryl methyl sites for hydroxylation is 1. The number of ether oxygens (including phenoxy) is 2. The van der Waals surface area contributed by atoms with E-state index in [1.165, 1.54) is 6.07 Å². The minimum atomic E-state index is -0.230. The molecule has 2 heterocycles. The van der Waals surface area contributed by atoms with Crippen molar-refractivity contribution in [2.45, 2.75) is 12.3 Å². The number of methoxy groups -OCH3 is 2. The van der Waals surface area contributed by atoms with E-state index >= 15 is 0 Å². The molecule has 1 amide bonds. The largest absolute Gasteiger partial charge is 0.493 e. The van der Waals surface area contributed by atoms with Crippen molar-refractivity contribution in [3.05, 3.63) is 89.9 Å². The Morgan fingerprint density at radius 2 is 1.62 bits per heavy atom. The third-order valence-electron chi connectivity index (χ3n) is 7.32. The molecule has 0 saturated carbocycles. The van der Waals surface area contributed by atoms with Gasteiger partial charge in [0.05, 0.1) is 19.9 Å². The molecule has 192 valence electrons. The maximum absolute atomic E-state index is 14.3. The van der Waals surface area contributed by atoms with Crippen molar-refractivity contribution in [2.75, 3.05) is 45.3 Å².